The van der Waals surface area contributed by atoms with Gasteiger partial charge in [-0.2, -0.15) is 0 Å². The molecule has 0 radical (unpaired) electrons. The Balaban J connectivity index is 2.16. The van der Waals surface area contributed by atoms with Crippen LogP contribution in [0.3, 0.4) is 0 Å². The molecule has 0 spiro atoms. The van der Waals surface area contributed by atoms with Gasteiger partial charge in [0.2, 0.25) is 0 Å². The molecule has 1 atom stereocenters. The van der Waals surface area contributed by atoms with Gasteiger partial charge in [-0.3, -0.25) is 4.90 Å². The first-order chi connectivity index (χ1) is 13.6. The quantitative estimate of drug-likeness (QED) is 0.321. The minimum absolute atomic E-state index is 0.498. The zero-order valence-electron chi connectivity index (χ0n) is 17.4. The number of esters is 2. The van der Waals surface area contributed by atoms with Gasteiger partial charge in [-0.25, -0.2) is 9.59 Å². The van der Waals surface area contributed by atoms with E-state index in [0.717, 1.165) is 24.8 Å². The molecule has 152 valence electrons. The number of benzene rings is 1. The van der Waals surface area contributed by atoms with Crippen LogP contribution in [0.1, 0.15) is 68.8 Å². The van der Waals surface area contributed by atoms with E-state index in [0.29, 0.717) is 25.1 Å². The number of aryl methyl sites for hydroxylation is 1. The van der Waals surface area contributed by atoms with Crippen LogP contribution in [0.25, 0.3) is 0 Å². The van der Waals surface area contributed by atoms with Gasteiger partial charge >= 0.3 is 11.9 Å². The predicted molar refractivity (Wildman–Crippen MR) is 113 cm³/mol. The Hall–Kier alpha value is -2.20. The van der Waals surface area contributed by atoms with Crippen LogP contribution < -0.4 is 0 Å². The Morgan fingerprint density at radius 2 is 1.79 bits per heavy atom. The van der Waals surface area contributed by atoms with Crippen molar-refractivity contribution in [2.45, 2.75) is 64.8 Å². The zero-order chi connectivity index (χ0) is 20.4. The van der Waals surface area contributed by atoms with Gasteiger partial charge in [-0.1, -0.05) is 82.5 Å². The van der Waals surface area contributed by atoms with Gasteiger partial charge in [0, 0.05) is 0 Å². The number of hydrogen-bond acceptors (Lipinski definition) is 4. The number of rotatable bonds is 10. The fraction of sp³-hybridized carbons (Fsp3) is 0.500. The Kier molecular flexibility index (Phi) is 8.65. The summed E-state index contributed by atoms with van der Waals surface area (Å²) in [6.07, 6.45) is 13.4. The lowest BCUT2D eigenvalue weighted by Crippen LogP contribution is -2.54. The lowest BCUT2D eigenvalue weighted by molar-refractivity contribution is -0.149. The summed E-state index contributed by atoms with van der Waals surface area (Å²) in [5, 5.41) is 0. The largest absolute Gasteiger partial charge is 0.388 e. The van der Waals surface area contributed by atoms with Gasteiger partial charge in [0.1, 0.15) is 5.54 Å². The number of carbonyl (C=O) groups excluding carboxylic acids is 2. The van der Waals surface area contributed by atoms with Crippen LogP contribution in [0.2, 0.25) is 0 Å². The third-order valence-electron chi connectivity index (χ3n) is 5.45. The number of carbonyl (C=O) groups is 2. The van der Waals surface area contributed by atoms with E-state index in [1.165, 1.54) is 12.8 Å². The summed E-state index contributed by atoms with van der Waals surface area (Å²) in [4.78, 5) is 28.0. The Morgan fingerprint density at radius 3 is 2.43 bits per heavy atom. The minimum atomic E-state index is -0.913. The third kappa shape index (κ3) is 5.20. The number of hydrogen-bond donors (Lipinski definition) is 0. The molecule has 4 heteroatoms. The Bertz CT molecular complexity index is 718. The van der Waals surface area contributed by atoms with Gasteiger partial charge in [0.25, 0.3) is 0 Å². The van der Waals surface area contributed by atoms with E-state index in [2.05, 4.69) is 6.92 Å². The first kappa shape index (κ1) is 22.1. The van der Waals surface area contributed by atoms with Gasteiger partial charge in [-0.15, -0.1) is 0 Å². The normalized spacial score (nSPS) is 18.4. The molecule has 1 aliphatic rings. The highest BCUT2D eigenvalue weighted by atomic mass is 16.6. The Morgan fingerprint density at radius 1 is 1.04 bits per heavy atom. The van der Waals surface area contributed by atoms with Crippen molar-refractivity contribution in [1.82, 2.24) is 4.90 Å². The second-order valence-electron chi connectivity index (χ2n) is 7.23. The van der Waals surface area contributed by atoms with Gasteiger partial charge in [-0.05, 0) is 44.0 Å². The molecule has 0 N–H and O–H groups in total. The predicted octanol–water partition coefficient (Wildman–Crippen LogP) is 5.09. The lowest BCUT2D eigenvalue weighted by atomic mass is 9.89. The molecule has 28 heavy (non-hydrogen) atoms. The Labute approximate surface area is 169 Å². The second kappa shape index (κ2) is 11.0. The highest BCUT2D eigenvalue weighted by Gasteiger charge is 2.43. The third-order valence-corrected chi connectivity index (χ3v) is 5.45. The summed E-state index contributed by atoms with van der Waals surface area (Å²) in [5.41, 5.74) is 0.536. The fourth-order valence-corrected chi connectivity index (χ4v) is 3.82. The maximum atomic E-state index is 13.1. The van der Waals surface area contributed by atoms with Crippen molar-refractivity contribution >= 4 is 11.9 Å². The molecule has 2 rings (SSSR count). The van der Waals surface area contributed by atoms with Gasteiger partial charge < -0.3 is 4.74 Å². The molecule has 1 aromatic rings. The van der Waals surface area contributed by atoms with E-state index in [1.54, 1.807) is 6.07 Å². The molecule has 0 heterocycles. The fourth-order valence-electron chi connectivity index (χ4n) is 3.82. The molecule has 4 nitrogen and oxygen atoms in total. The maximum absolute atomic E-state index is 13.1. The van der Waals surface area contributed by atoms with Crippen molar-refractivity contribution in [3.8, 4) is 0 Å². The molecule has 0 fully saturated rings. The first-order valence-corrected chi connectivity index (χ1v) is 10.5. The van der Waals surface area contributed by atoms with E-state index in [4.69, 9.17) is 4.74 Å². The average molecular weight is 384 g/mol. The molecule has 0 aliphatic heterocycles. The summed E-state index contributed by atoms with van der Waals surface area (Å²) in [6.45, 7) is 7.60. The first-order valence-electron chi connectivity index (χ1n) is 10.5. The van der Waals surface area contributed by atoms with Crippen molar-refractivity contribution in [2.24, 2.45) is 0 Å². The van der Waals surface area contributed by atoms with Crippen LogP contribution >= 0.6 is 0 Å². The van der Waals surface area contributed by atoms with Crippen LogP contribution in [0.4, 0.5) is 0 Å². The average Bonchev–Trinajstić information content (AvgIpc) is 2.73. The van der Waals surface area contributed by atoms with E-state index in [-0.39, 0.29) is 0 Å². The van der Waals surface area contributed by atoms with Crippen LogP contribution in [0, 0.1) is 0 Å². The highest BCUT2D eigenvalue weighted by Crippen LogP contribution is 2.28. The second-order valence-corrected chi connectivity index (χ2v) is 7.23. The van der Waals surface area contributed by atoms with Crippen LogP contribution in [-0.2, 0) is 16.0 Å². The molecule has 0 aromatic heterocycles. The summed E-state index contributed by atoms with van der Waals surface area (Å²) >= 11 is 0. The summed E-state index contributed by atoms with van der Waals surface area (Å²) in [6, 6.07) is 7.46. The number of ether oxygens (including phenoxy) is 1. The summed E-state index contributed by atoms with van der Waals surface area (Å²) in [5.74, 6) is -1.05. The van der Waals surface area contributed by atoms with E-state index < -0.39 is 17.5 Å². The lowest BCUT2D eigenvalue weighted by Gasteiger charge is -2.38. The molecule has 0 amide bonds. The van der Waals surface area contributed by atoms with Crippen LogP contribution in [-0.4, -0.2) is 35.5 Å². The SMILES string of the molecule is CCCCCCc1ccccc1C(=O)OC(=O)C1(N(CC)CC)C=CC=CC1. The topological polar surface area (TPSA) is 46.6 Å². The molecule has 0 bridgehead atoms. The van der Waals surface area contributed by atoms with Gasteiger partial charge in [0.15, 0.2) is 0 Å². The van der Waals surface area contributed by atoms with Crippen molar-refractivity contribution in [3.05, 3.63) is 59.7 Å². The van der Waals surface area contributed by atoms with Crippen molar-refractivity contribution < 1.29 is 14.3 Å². The minimum Gasteiger partial charge on any atom is -0.388 e. The molecule has 1 aliphatic carbocycles. The molecular formula is C24H33NO3. The smallest absolute Gasteiger partial charge is 0.346 e. The van der Waals surface area contributed by atoms with Crippen molar-refractivity contribution in [2.75, 3.05) is 13.1 Å². The number of likely N-dealkylation sites (N-methyl/N-ethyl adjacent to an activating group) is 1. The summed E-state index contributed by atoms with van der Waals surface area (Å²) in [7, 11) is 0. The molecule has 1 unspecified atom stereocenters. The van der Waals surface area contributed by atoms with E-state index in [1.807, 2.05) is 61.3 Å². The number of allylic oxidation sites excluding steroid dienone is 2. The molecule has 0 saturated heterocycles. The summed E-state index contributed by atoms with van der Waals surface area (Å²) < 4.78 is 5.43. The molecule has 0 saturated carbocycles. The van der Waals surface area contributed by atoms with Crippen LogP contribution in [0.5, 0.6) is 0 Å². The van der Waals surface area contributed by atoms with Crippen molar-refractivity contribution in [1.29, 1.82) is 0 Å². The monoisotopic (exact) mass is 383 g/mol. The number of nitrogens with zero attached hydrogens (tertiary/aromatic N) is 1. The van der Waals surface area contributed by atoms with Gasteiger partial charge in [0.05, 0.1) is 5.56 Å². The maximum Gasteiger partial charge on any atom is 0.346 e. The van der Waals surface area contributed by atoms with Crippen LogP contribution in [0.15, 0.2) is 48.6 Å². The van der Waals surface area contributed by atoms with E-state index in [9.17, 15) is 9.59 Å². The number of unbranched alkanes of at least 4 members (excludes halogenated alkanes) is 3. The molecular weight excluding hydrogens is 350 g/mol. The standard InChI is InChI=1S/C24H33NO3/c1-4-7-8-10-15-20-16-11-12-17-21(20)22(26)28-23(27)24(25(5-2)6-3)18-13-9-14-19-24/h9,11-14,16-18H,4-8,10,15,19H2,1-3H3. The zero-order valence-corrected chi connectivity index (χ0v) is 17.4. The van der Waals surface area contributed by atoms with E-state index >= 15 is 0 Å². The molecule has 1 aromatic carbocycles. The highest BCUT2D eigenvalue weighted by molar-refractivity contribution is 6.01. The van der Waals surface area contributed by atoms with Crippen molar-refractivity contribution in [3.63, 3.8) is 0 Å².